The van der Waals surface area contributed by atoms with Gasteiger partial charge in [-0.3, -0.25) is 0 Å². The van der Waals surface area contributed by atoms with Gasteiger partial charge in [-0.05, 0) is 59.0 Å². The Kier molecular flexibility index (Phi) is 26.1. The predicted molar refractivity (Wildman–Crippen MR) is 143 cm³/mol. The first-order chi connectivity index (χ1) is 15.7. The standard InChI is InChI=1S/C29H57NO2/c1-5-7-9-11-12-13-14-15-16-17-18-19-20-21-22-24-26-32-28-29(30(3)4)27-31-25-23-10-8-6-2/h12-13,15-16,29H,5-11,14,17-28H2,1-4H3/b13-12-,16-15-/t29-/m1/s1. The van der Waals surface area contributed by atoms with E-state index in [-0.39, 0.29) is 0 Å². The minimum absolute atomic E-state index is 0.366. The van der Waals surface area contributed by atoms with Crippen LogP contribution in [-0.2, 0) is 9.47 Å². The molecule has 0 bridgehead atoms. The molecule has 0 radical (unpaired) electrons. The number of ether oxygens (including phenoxy) is 2. The minimum Gasteiger partial charge on any atom is -0.380 e. The number of likely N-dealkylation sites (N-methyl/N-ethyl adjacent to an activating group) is 1. The third kappa shape index (κ3) is 24.0. The molecule has 0 aliphatic carbocycles. The molecule has 190 valence electrons. The van der Waals surface area contributed by atoms with E-state index in [1.54, 1.807) is 0 Å². The summed E-state index contributed by atoms with van der Waals surface area (Å²) in [5, 5.41) is 0. The average molecular weight is 452 g/mol. The van der Waals surface area contributed by atoms with E-state index in [0.29, 0.717) is 6.04 Å². The Hall–Kier alpha value is -0.640. The van der Waals surface area contributed by atoms with Gasteiger partial charge in [0, 0.05) is 13.2 Å². The summed E-state index contributed by atoms with van der Waals surface area (Å²) in [5.41, 5.74) is 0. The van der Waals surface area contributed by atoms with E-state index in [1.165, 1.54) is 96.3 Å². The maximum Gasteiger partial charge on any atom is 0.0644 e. The van der Waals surface area contributed by atoms with E-state index in [0.717, 1.165) is 32.8 Å². The molecule has 0 aromatic rings. The third-order valence-corrected chi connectivity index (χ3v) is 5.98. The first-order valence-electron chi connectivity index (χ1n) is 13.8. The predicted octanol–water partition coefficient (Wildman–Crippen LogP) is 8.34. The van der Waals surface area contributed by atoms with Gasteiger partial charge in [0.05, 0.1) is 19.3 Å². The molecule has 3 nitrogen and oxygen atoms in total. The fraction of sp³-hybridized carbons (Fsp3) is 0.862. The highest BCUT2D eigenvalue weighted by atomic mass is 16.5. The van der Waals surface area contributed by atoms with Crippen molar-refractivity contribution >= 4 is 0 Å². The maximum absolute atomic E-state index is 5.94. The first kappa shape index (κ1) is 31.4. The maximum atomic E-state index is 5.94. The number of nitrogens with zero attached hydrogens (tertiary/aromatic N) is 1. The molecule has 32 heavy (non-hydrogen) atoms. The topological polar surface area (TPSA) is 21.7 Å². The lowest BCUT2D eigenvalue weighted by Crippen LogP contribution is -2.37. The van der Waals surface area contributed by atoms with Crippen LogP contribution < -0.4 is 0 Å². The monoisotopic (exact) mass is 451 g/mol. The SMILES string of the molecule is CCCCC/C=C\C/C=C\CCCCCCCCOC[C@@H](COCCCCCC)N(C)C. The summed E-state index contributed by atoms with van der Waals surface area (Å²) in [6, 6.07) is 0.366. The van der Waals surface area contributed by atoms with E-state index < -0.39 is 0 Å². The zero-order valence-electron chi connectivity index (χ0n) is 22.3. The molecule has 0 aliphatic heterocycles. The van der Waals surface area contributed by atoms with Gasteiger partial charge in [0.2, 0.25) is 0 Å². The van der Waals surface area contributed by atoms with Crippen molar-refractivity contribution < 1.29 is 9.47 Å². The van der Waals surface area contributed by atoms with E-state index in [2.05, 4.69) is 57.1 Å². The Labute approximate surface area is 202 Å². The lowest BCUT2D eigenvalue weighted by atomic mass is 10.1. The molecule has 0 spiro atoms. The molecule has 0 heterocycles. The zero-order chi connectivity index (χ0) is 23.5. The van der Waals surface area contributed by atoms with E-state index in [9.17, 15) is 0 Å². The van der Waals surface area contributed by atoms with Crippen molar-refractivity contribution in [1.29, 1.82) is 0 Å². The Bertz CT molecular complexity index is 406. The Morgan fingerprint density at radius 2 is 1.00 bits per heavy atom. The van der Waals surface area contributed by atoms with Gasteiger partial charge in [0.15, 0.2) is 0 Å². The lowest BCUT2D eigenvalue weighted by Gasteiger charge is -2.24. The van der Waals surface area contributed by atoms with Crippen molar-refractivity contribution in [1.82, 2.24) is 4.90 Å². The third-order valence-electron chi connectivity index (χ3n) is 5.98. The largest absolute Gasteiger partial charge is 0.380 e. The van der Waals surface area contributed by atoms with Gasteiger partial charge >= 0.3 is 0 Å². The molecule has 0 saturated heterocycles. The molecule has 0 aromatic heterocycles. The summed E-state index contributed by atoms with van der Waals surface area (Å²) in [7, 11) is 4.24. The second-order valence-corrected chi connectivity index (χ2v) is 9.41. The summed E-state index contributed by atoms with van der Waals surface area (Å²) in [4.78, 5) is 2.23. The van der Waals surface area contributed by atoms with Crippen LogP contribution in [0.25, 0.3) is 0 Å². The van der Waals surface area contributed by atoms with Crippen molar-refractivity contribution in [2.24, 2.45) is 0 Å². The second-order valence-electron chi connectivity index (χ2n) is 9.41. The van der Waals surface area contributed by atoms with Crippen LogP contribution in [0.4, 0.5) is 0 Å². The van der Waals surface area contributed by atoms with Crippen molar-refractivity contribution in [3.05, 3.63) is 24.3 Å². The van der Waals surface area contributed by atoms with Crippen LogP contribution in [0.5, 0.6) is 0 Å². The van der Waals surface area contributed by atoms with Crippen molar-refractivity contribution in [3.63, 3.8) is 0 Å². The Morgan fingerprint density at radius 1 is 0.562 bits per heavy atom. The van der Waals surface area contributed by atoms with Crippen molar-refractivity contribution in [2.45, 2.75) is 123 Å². The van der Waals surface area contributed by atoms with Crippen LogP contribution in [0.2, 0.25) is 0 Å². The van der Waals surface area contributed by atoms with Crippen molar-refractivity contribution in [3.8, 4) is 0 Å². The number of allylic oxidation sites excluding steroid dienone is 4. The van der Waals surface area contributed by atoms with Gasteiger partial charge in [0.25, 0.3) is 0 Å². The Balaban J connectivity index is 3.42. The molecule has 0 amide bonds. The fourth-order valence-corrected chi connectivity index (χ4v) is 3.61. The summed E-state index contributed by atoms with van der Waals surface area (Å²) in [6.45, 7) is 7.84. The summed E-state index contributed by atoms with van der Waals surface area (Å²) >= 11 is 0. The lowest BCUT2D eigenvalue weighted by molar-refractivity contribution is 0.0198. The smallest absolute Gasteiger partial charge is 0.0644 e. The number of hydrogen-bond acceptors (Lipinski definition) is 3. The van der Waals surface area contributed by atoms with Crippen LogP contribution in [0.3, 0.4) is 0 Å². The average Bonchev–Trinajstić information content (AvgIpc) is 2.78. The van der Waals surface area contributed by atoms with E-state index >= 15 is 0 Å². The molecule has 0 unspecified atom stereocenters. The van der Waals surface area contributed by atoms with Gasteiger partial charge in [-0.1, -0.05) is 95.9 Å². The van der Waals surface area contributed by atoms with Crippen LogP contribution in [-0.4, -0.2) is 51.5 Å². The first-order valence-corrected chi connectivity index (χ1v) is 13.8. The van der Waals surface area contributed by atoms with Gasteiger partial charge in [0.1, 0.15) is 0 Å². The zero-order valence-corrected chi connectivity index (χ0v) is 22.3. The molecule has 0 fully saturated rings. The fourth-order valence-electron chi connectivity index (χ4n) is 3.61. The summed E-state index contributed by atoms with van der Waals surface area (Å²) in [5.74, 6) is 0. The second kappa shape index (κ2) is 26.6. The normalized spacial score (nSPS) is 13.2. The van der Waals surface area contributed by atoms with Crippen molar-refractivity contribution in [2.75, 3.05) is 40.5 Å². The summed E-state index contributed by atoms with van der Waals surface area (Å²) < 4.78 is 11.8. The highest BCUT2D eigenvalue weighted by Gasteiger charge is 2.11. The molecule has 0 aromatic carbocycles. The molecule has 0 rings (SSSR count). The van der Waals surface area contributed by atoms with Crippen LogP contribution in [0.1, 0.15) is 117 Å². The molecule has 0 saturated carbocycles. The van der Waals surface area contributed by atoms with E-state index in [4.69, 9.17) is 9.47 Å². The van der Waals surface area contributed by atoms with Gasteiger partial charge in [-0.2, -0.15) is 0 Å². The molecular formula is C29H57NO2. The minimum atomic E-state index is 0.366. The number of rotatable bonds is 25. The quantitative estimate of drug-likeness (QED) is 0.103. The number of hydrogen-bond donors (Lipinski definition) is 0. The van der Waals surface area contributed by atoms with Crippen LogP contribution in [0, 0.1) is 0 Å². The van der Waals surface area contributed by atoms with Crippen LogP contribution >= 0.6 is 0 Å². The van der Waals surface area contributed by atoms with Gasteiger partial charge < -0.3 is 14.4 Å². The van der Waals surface area contributed by atoms with Gasteiger partial charge in [-0.15, -0.1) is 0 Å². The highest BCUT2D eigenvalue weighted by Crippen LogP contribution is 2.09. The molecule has 0 N–H and O–H groups in total. The van der Waals surface area contributed by atoms with E-state index in [1.807, 2.05) is 0 Å². The molecule has 0 aliphatic rings. The van der Waals surface area contributed by atoms with Gasteiger partial charge in [-0.25, -0.2) is 0 Å². The Morgan fingerprint density at radius 3 is 1.53 bits per heavy atom. The van der Waals surface area contributed by atoms with Crippen LogP contribution in [0.15, 0.2) is 24.3 Å². The highest BCUT2D eigenvalue weighted by molar-refractivity contribution is 4.92. The molecule has 3 heteroatoms. The summed E-state index contributed by atoms with van der Waals surface area (Å²) in [6.07, 6.45) is 29.9. The molecule has 1 atom stereocenters. The number of unbranched alkanes of at least 4 members (excludes halogenated alkanes) is 12. The molecular weight excluding hydrogens is 394 g/mol.